The van der Waals surface area contributed by atoms with E-state index in [0.717, 1.165) is 23.0 Å². The van der Waals surface area contributed by atoms with Gasteiger partial charge in [-0.15, -0.1) is 0 Å². The van der Waals surface area contributed by atoms with Crippen LogP contribution in [0.3, 0.4) is 0 Å². The molecule has 0 saturated carbocycles. The molecule has 0 saturated heterocycles. The number of hydrogen-bond acceptors (Lipinski definition) is 3. The average molecular weight is 284 g/mol. The fourth-order valence-electron chi connectivity index (χ4n) is 1.49. The Labute approximate surface area is 101 Å². The van der Waals surface area contributed by atoms with Crippen molar-refractivity contribution < 1.29 is 14.7 Å². The molecule has 0 radical (unpaired) electrons. The molecule has 0 aromatic heterocycles. The quantitative estimate of drug-likeness (QED) is 0.866. The Hall–Kier alpha value is -1.36. The maximum absolute atomic E-state index is 10.7. The van der Waals surface area contributed by atoms with Crippen molar-refractivity contribution in [2.75, 3.05) is 5.33 Å². The third kappa shape index (κ3) is 2.24. The molecule has 5 heteroatoms. The molecular formula is C11H10BrNO3. The number of carboxylic acids is 1. The van der Waals surface area contributed by atoms with Crippen LogP contribution < -0.4 is 0 Å². The average Bonchev–Trinajstić information content (AvgIpc) is 2.77. The summed E-state index contributed by atoms with van der Waals surface area (Å²) < 4.78 is 0. The molecule has 1 heterocycles. The molecule has 16 heavy (non-hydrogen) atoms. The zero-order valence-corrected chi connectivity index (χ0v) is 9.98. The molecule has 1 unspecified atom stereocenters. The number of oxime groups is 1. The number of rotatable bonds is 3. The van der Waals surface area contributed by atoms with Crippen molar-refractivity contribution in [1.29, 1.82) is 0 Å². The van der Waals surface area contributed by atoms with Crippen LogP contribution in [-0.4, -0.2) is 28.2 Å². The predicted molar refractivity (Wildman–Crippen MR) is 63.2 cm³/mol. The van der Waals surface area contributed by atoms with E-state index < -0.39 is 5.97 Å². The van der Waals surface area contributed by atoms with Crippen LogP contribution in [-0.2, 0) is 4.84 Å². The summed E-state index contributed by atoms with van der Waals surface area (Å²) in [6, 6.07) is 6.65. The Morgan fingerprint density at radius 2 is 2.19 bits per heavy atom. The van der Waals surface area contributed by atoms with Gasteiger partial charge in [0.05, 0.1) is 11.3 Å². The lowest BCUT2D eigenvalue weighted by Gasteiger charge is -2.01. The number of carbonyl (C=O) groups is 1. The summed E-state index contributed by atoms with van der Waals surface area (Å²) in [7, 11) is 0. The molecule has 1 aromatic carbocycles. The highest BCUT2D eigenvalue weighted by molar-refractivity contribution is 9.09. The molecule has 0 aliphatic carbocycles. The minimum Gasteiger partial charge on any atom is -0.478 e. The van der Waals surface area contributed by atoms with Crippen LogP contribution in [0.4, 0.5) is 0 Å². The smallest absolute Gasteiger partial charge is 0.335 e. The van der Waals surface area contributed by atoms with Crippen LogP contribution in [0.1, 0.15) is 22.3 Å². The summed E-state index contributed by atoms with van der Waals surface area (Å²) >= 11 is 3.33. The topological polar surface area (TPSA) is 58.9 Å². The largest absolute Gasteiger partial charge is 0.478 e. The van der Waals surface area contributed by atoms with Crippen LogP contribution in [0.2, 0.25) is 0 Å². The van der Waals surface area contributed by atoms with Crippen LogP contribution in [0.15, 0.2) is 29.4 Å². The van der Waals surface area contributed by atoms with Crippen molar-refractivity contribution in [1.82, 2.24) is 0 Å². The van der Waals surface area contributed by atoms with Gasteiger partial charge >= 0.3 is 5.97 Å². The summed E-state index contributed by atoms with van der Waals surface area (Å²) in [5.74, 6) is -0.922. The highest BCUT2D eigenvalue weighted by atomic mass is 79.9. The SMILES string of the molecule is O=C(O)c1ccc(C2=NOC(CBr)C2)cc1. The van der Waals surface area contributed by atoms with E-state index in [1.807, 2.05) is 0 Å². The van der Waals surface area contributed by atoms with Gasteiger partial charge in [0.2, 0.25) is 0 Å². The molecule has 1 aromatic rings. The van der Waals surface area contributed by atoms with Crippen molar-refractivity contribution >= 4 is 27.6 Å². The highest BCUT2D eigenvalue weighted by Gasteiger charge is 2.20. The maximum atomic E-state index is 10.7. The van der Waals surface area contributed by atoms with Crippen LogP contribution in [0.25, 0.3) is 0 Å². The first kappa shape index (κ1) is 11.1. The van der Waals surface area contributed by atoms with Crippen LogP contribution >= 0.6 is 15.9 Å². The van der Waals surface area contributed by atoms with Crippen molar-refractivity contribution in [3.05, 3.63) is 35.4 Å². The van der Waals surface area contributed by atoms with Gasteiger partial charge in [-0.1, -0.05) is 33.2 Å². The summed E-state index contributed by atoms with van der Waals surface area (Å²) in [5, 5.41) is 13.5. The van der Waals surface area contributed by atoms with E-state index in [1.165, 1.54) is 0 Å². The monoisotopic (exact) mass is 283 g/mol. The van der Waals surface area contributed by atoms with E-state index in [0.29, 0.717) is 0 Å². The first-order valence-electron chi connectivity index (χ1n) is 4.83. The number of hydrogen-bond donors (Lipinski definition) is 1. The van der Waals surface area contributed by atoms with Gasteiger partial charge < -0.3 is 9.94 Å². The number of benzene rings is 1. The van der Waals surface area contributed by atoms with Gasteiger partial charge in [-0.05, 0) is 17.7 Å². The minimum atomic E-state index is -0.922. The lowest BCUT2D eigenvalue weighted by atomic mass is 10.0. The third-order valence-corrected chi connectivity index (χ3v) is 3.09. The van der Waals surface area contributed by atoms with Gasteiger partial charge in [0.1, 0.15) is 6.10 Å². The minimum absolute atomic E-state index is 0.0779. The van der Waals surface area contributed by atoms with E-state index in [1.54, 1.807) is 24.3 Å². The van der Waals surface area contributed by atoms with E-state index in [2.05, 4.69) is 21.1 Å². The van der Waals surface area contributed by atoms with Gasteiger partial charge in [-0.2, -0.15) is 0 Å². The molecule has 0 amide bonds. The van der Waals surface area contributed by atoms with Gasteiger partial charge in [-0.25, -0.2) is 4.79 Å². The Bertz CT molecular complexity index is 427. The molecule has 2 rings (SSSR count). The summed E-state index contributed by atoms with van der Waals surface area (Å²) in [5.41, 5.74) is 2.05. The molecule has 1 atom stereocenters. The molecule has 1 aliphatic heterocycles. The number of nitrogens with zero attached hydrogens (tertiary/aromatic N) is 1. The molecular weight excluding hydrogens is 274 g/mol. The number of halogens is 1. The number of carboxylic acid groups (broad SMARTS) is 1. The zero-order chi connectivity index (χ0) is 11.5. The van der Waals surface area contributed by atoms with Gasteiger partial charge in [-0.3, -0.25) is 0 Å². The van der Waals surface area contributed by atoms with E-state index in [-0.39, 0.29) is 11.7 Å². The van der Waals surface area contributed by atoms with Gasteiger partial charge in [0, 0.05) is 11.8 Å². The maximum Gasteiger partial charge on any atom is 0.335 e. The Morgan fingerprint density at radius 1 is 1.50 bits per heavy atom. The standard InChI is InChI=1S/C11H10BrNO3/c12-6-9-5-10(13-16-9)7-1-3-8(4-2-7)11(14)15/h1-4,9H,5-6H2,(H,14,15). The van der Waals surface area contributed by atoms with Crippen molar-refractivity contribution in [2.24, 2.45) is 5.16 Å². The fourth-order valence-corrected chi connectivity index (χ4v) is 1.83. The summed E-state index contributed by atoms with van der Waals surface area (Å²) in [6.07, 6.45) is 0.826. The fraction of sp³-hybridized carbons (Fsp3) is 0.273. The summed E-state index contributed by atoms with van der Waals surface area (Å²) in [6.45, 7) is 0. The van der Waals surface area contributed by atoms with Crippen molar-refractivity contribution in [3.63, 3.8) is 0 Å². The Balaban J connectivity index is 2.14. The highest BCUT2D eigenvalue weighted by Crippen LogP contribution is 2.18. The van der Waals surface area contributed by atoms with Crippen LogP contribution in [0.5, 0.6) is 0 Å². The van der Waals surface area contributed by atoms with Crippen molar-refractivity contribution in [2.45, 2.75) is 12.5 Å². The van der Waals surface area contributed by atoms with Gasteiger partial charge in [0.15, 0.2) is 0 Å². The molecule has 1 N–H and O–H groups in total. The first-order valence-corrected chi connectivity index (χ1v) is 5.95. The lowest BCUT2D eigenvalue weighted by molar-refractivity contribution is 0.0697. The van der Waals surface area contributed by atoms with E-state index >= 15 is 0 Å². The van der Waals surface area contributed by atoms with Gasteiger partial charge in [0.25, 0.3) is 0 Å². The second-order valence-corrected chi connectivity index (χ2v) is 4.15. The number of alkyl halides is 1. The Morgan fingerprint density at radius 3 is 2.69 bits per heavy atom. The molecule has 0 bridgehead atoms. The van der Waals surface area contributed by atoms with Crippen LogP contribution in [0, 0.1) is 0 Å². The molecule has 0 fully saturated rings. The molecule has 1 aliphatic rings. The zero-order valence-electron chi connectivity index (χ0n) is 8.39. The first-order chi connectivity index (χ1) is 7.70. The molecule has 4 nitrogen and oxygen atoms in total. The molecule has 0 spiro atoms. The normalized spacial score (nSPS) is 19.1. The second kappa shape index (κ2) is 4.65. The Kier molecular flexibility index (Phi) is 3.24. The third-order valence-electron chi connectivity index (χ3n) is 2.37. The van der Waals surface area contributed by atoms with E-state index in [4.69, 9.17) is 9.94 Å². The summed E-state index contributed by atoms with van der Waals surface area (Å²) in [4.78, 5) is 15.8. The van der Waals surface area contributed by atoms with Crippen molar-refractivity contribution in [3.8, 4) is 0 Å². The molecule has 84 valence electrons. The predicted octanol–water partition coefficient (Wildman–Crippen LogP) is 2.27. The second-order valence-electron chi connectivity index (χ2n) is 3.51. The lowest BCUT2D eigenvalue weighted by Crippen LogP contribution is -2.09. The number of aromatic carboxylic acids is 1. The van der Waals surface area contributed by atoms with E-state index in [9.17, 15) is 4.79 Å².